The molecule has 4 aromatic rings. The highest BCUT2D eigenvalue weighted by atomic mass is 16.4. The molecule has 29 heavy (non-hydrogen) atoms. The Morgan fingerprint density at radius 3 is 1.55 bits per heavy atom. The first kappa shape index (κ1) is 19.0. The number of nitrogens with zero attached hydrogens (tertiary/aromatic N) is 1. The van der Waals surface area contributed by atoms with Gasteiger partial charge in [0.25, 0.3) is 0 Å². The maximum absolute atomic E-state index is 9.43. The molecule has 2 N–H and O–H groups in total. The largest absolute Gasteiger partial charge is 0.488 e. The molecule has 4 aromatic carbocycles. The topological polar surface area (TPSA) is 43.7 Å². The average molecular weight is 379 g/mol. The Kier molecular flexibility index (Phi) is 5.47. The lowest BCUT2D eigenvalue weighted by atomic mass is 9.76. The SMILES string of the molecule is Cc1cc(-c2ccc(N(c3ccccc3)c3ccccc3)cc2)ccc1B(O)O. The summed E-state index contributed by atoms with van der Waals surface area (Å²) in [6, 6.07) is 34.7. The summed E-state index contributed by atoms with van der Waals surface area (Å²) < 4.78 is 0. The Bertz CT molecular complexity index is 1040. The van der Waals surface area contributed by atoms with Crippen molar-refractivity contribution in [1.82, 2.24) is 0 Å². The lowest BCUT2D eigenvalue weighted by molar-refractivity contribution is 0.425. The number of hydrogen-bond acceptors (Lipinski definition) is 3. The Hall–Kier alpha value is -3.34. The van der Waals surface area contributed by atoms with Gasteiger partial charge in [0, 0.05) is 17.1 Å². The molecule has 0 fully saturated rings. The fourth-order valence-corrected chi connectivity index (χ4v) is 3.55. The van der Waals surface area contributed by atoms with Gasteiger partial charge >= 0.3 is 7.12 Å². The first-order chi connectivity index (χ1) is 14.1. The van der Waals surface area contributed by atoms with Crippen LogP contribution in [0, 0.1) is 6.92 Å². The third-order valence-electron chi connectivity index (χ3n) is 5.04. The summed E-state index contributed by atoms with van der Waals surface area (Å²) in [6.07, 6.45) is 0. The van der Waals surface area contributed by atoms with Crippen molar-refractivity contribution in [2.45, 2.75) is 6.92 Å². The van der Waals surface area contributed by atoms with Crippen molar-refractivity contribution in [1.29, 1.82) is 0 Å². The molecule has 4 rings (SSSR count). The van der Waals surface area contributed by atoms with Crippen molar-refractivity contribution < 1.29 is 10.0 Å². The third-order valence-corrected chi connectivity index (χ3v) is 5.04. The summed E-state index contributed by atoms with van der Waals surface area (Å²) in [5, 5.41) is 18.9. The minimum Gasteiger partial charge on any atom is -0.423 e. The Labute approximate surface area is 171 Å². The molecule has 0 heterocycles. The molecule has 0 spiro atoms. The molecular formula is C25H22BNO2. The minimum atomic E-state index is -1.45. The molecule has 0 aliphatic carbocycles. The van der Waals surface area contributed by atoms with E-state index in [0.717, 1.165) is 33.8 Å². The summed E-state index contributed by atoms with van der Waals surface area (Å²) in [4.78, 5) is 2.22. The maximum atomic E-state index is 9.43. The molecule has 0 bridgehead atoms. The highest BCUT2D eigenvalue weighted by Crippen LogP contribution is 2.35. The second-order valence-electron chi connectivity index (χ2n) is 7.00. The predicted octanol–water partition coefficient (Wildman–Crippen LogP) is 4.81. The molecule has 0 saturated carbocycles. The van der Waals surface area contributed by atoms with Crippen LogP contribution < -0.4 is 10.4 Å². The third kappa shape index (κ3) is 4.09. The summed E-state index contributed by atoms with van der Waals surface area (Å²) in [7, 11) is -1.45. The van der Waals surface area contributed by atoms with E-state index in [1.807, 2.05) is 55.5 Å². The molecular weight excluding hydrogens is 357 g/mol. The summed E-state index contributed by atoms with van der Waals surface area (Å²) in [5.74, 6) is 0. The van der Waals surface area contributed by atoms with E-state index in [9.17, 15) is 10.0 Å². The Balaban J connectivity index is 1.71. The molecule has 0 aromatic heterocycles. The van der Waals surface area contributed by atoms with Crippen LogP contribution in [0.4, 0.5) is 17.1 Å². The van der Waals surface area contributed by atoms with E-state index in [1.54, 1.807) is 6.07 Å². The van der Waals surface area contributed by atoms with Crippen LogP contribution in [-0.4, -0.2) is 17.2 Å². The summed E-state index contributed by atoms with van der Waals surface area (Å²) >= 11 is 0. The van der Waals surface area contributed by atoms with Crippen molar-refractivity contribution in [3.05, 3.63) is 109 Å². The normalized spacial score (nSPS) is 10.6. The number of rotatable bonds is 5. The lowest BCUT2D eigenvalue weighted by Gasteiger charge is -2.25. The number of aryl methyl sites for hydroxylation is 1. The van der Waals surface area contributed by atoms with E-state index in [4.69, 9.17) is 0 Å². The predicted molar refractivity (Wildman–Crippen MR) is 121 cm³/mol. The van der Waals surface area contributed by atoms with Crippen LogP contribution in [0.25, 0.3) is 11.1 Å². The fourth-order valence-electron chi connectivity index (χ4n) is 3.55. The second-order valence-corrected chi connectivity index (χ2v) is 7.00. The number of para-hydroxylation sites is 2. The molecule has 0 unspecified atom stereocenters. The van der Waals surface area contributed by atoms with Crippen molar-refractivity contribution in [3.8, 4) is 11.1 Å². The first-order valence-corrected chi connectivity index (χ1v) is 9.61. The van der Waals surface area contributed by atoms with E-state index in [0.29, 0.717) is 5.46 Å². The van der Waals surface area contributed by atoms with Gasteiger partial charge in [0.2, 0.25) is 0 Å². The van der Waals surface area contributed by atoms with Crippen molar-refractivity contribution >= 4 is 29.6 Å². The molecule has 4 heteroatoms. The molecule has 0 aliphatic rings. The van der Waals surface area contributed by atoms with Crippen LogP contribution in [0.15, 0.2) is 103 Å². The molecule has 0 saturated heterocycles. The molecule has 3 nitrogen and oxygen atoms in total. The van der Waals surface area contributed by atoms with E-state index >= 15 is 0 Å². The molecule has 0 amide bonds. The quantitative estimate of drug-likeness (QED) is 0.489. The number of hydrogen-bond donors (Lipinski definition) is 2. The second kappa shape index (κ2) is 8.35. The van der Waals surface area contributed by atoms with Crippen molar-refractivity contribution in [3.63, 3.8) is 0 Å². The number of anilines is 3. The highest BCUT2D eigenvalue weighted by molar-refractivity contribution is 6.59. The van der Waals surface area contributed by atoms with Crippen molar-refractivity contribution in [2.75, 3.05) is 4.90 Å². The zero-order chi connectivity index (χ0) is 20.2. The molecule has 0 aliphatic heterocycles. The summed E-state index contributed by atoms with van der Waals surface area (Å²) in [6.45, 7) is 1.89. The van der Waals surface area contributed by atoms with Gasteiger partial charge in [-0.2, -0.15) is 0 Å². The van der Waals surface area contributed by atoms with Crippen LogP contribution in [0.5, 0.6) is 0 Å². The van der Waals surface area contributed by atoms with E-state index in [-0.39, 0.29) is 0 Å². The summed E-state index contributed by atoms with van der Waals surface area (Å²) in [5.41, 5.74) is 6.79. The van der Waals surface area contributed by atoms with E-state index < -0.39 is 7.12 Å². The van der Waals surface area contributed by atoms with Gasteiger partial charge in [-0.3, -0.25) is 0 Å². The number of benzene rings is 4. The minimum absolute atomic E-state index is 0.532. The zero-order valence-electron chi connectivity index (χ0n) is 16.2. The van der Waals surface area contributed by atoms with Gasteiger partial charge in [-0.1, -0.05) is 72.3 Å². The molecule has 0 atom stereocenters. The highest BCUT2D eigenvalue weighted by Gasteiger charge is 2.15. The van der Waals surface area contributed by atoms with Crippen LogP contribution >= 0.6 is 0 Å². The van der Waals surface area contributed by atoms with Crippen LogP contribution in [0.2, 0.25) is 0 Å². The smallest absolute Gasteiger partial charge is 0.423 e. The van der Waals surface area contributed by atoms with Gasteiger partial charge in [-0.05, 0) is 59.9 Å². The Morgan fingerprint density at radius 1 is 0.586 bits per heavy atom. The molecule has 142 valence electrons. The Morgan fingerprint density at radius 2 is 1.07 bits per heavy atom. The van der Waals surface area contributed by atoms with Crippen LogP contribution in [0.1, 0.15) is 5.56 Å². The maximum Gasteiger partial charge on any atom is 0.488 e. The van der Waals surface area contributed by atoms with E-state index in [1.165, 1.54) is 0 Å². The van der Waals surface area contributed by atoms with E-state index in [2.05, 4.69) is 53.4 Å². The van der Waals surface area contributed by atoms with Gasteiger partial charge in [-0.15, -0.1) is 0 Å². The fraction of sp³-hybridized carbons (Fsp3) is 0.0400. The standard InChI is InChI=1S/C25H22BNO2/c1-19-18-21(14-17-25(19)26(28)29)20-12-15-24(16-13-20)27(22-8-4-2-5-9-22)23-10-6-3-7-11-23/h2-18,28-29H,1H3. The van der Waals surface area contributed by atoms with Gasteiger partial charge in [-0.25, -0.2) is 0 Å². The van der Waals surface area contributed by atoms with Crippen LogP contribution in [0.3, 0.4) is 0 Å². The van der Waals surface area contributed by atoms with Gasteiger partial charge in [0.05, 0.1) is 0 Å². The molecule has 0 radical (unpaired) electrons. The lowest BCUT2D eigenvalue weighted by Crippen LogP contribution is -2.31. The van der Waals surface area contributed by atoms with Crippen LogP contribution in [-0.2, 0) is 0 Å². The average Bonchev–Trinajstić information content (AvgIpc) is 2.76. The zero-order valence-corrected chi connectivity index (χ0v) is 16.2. The van der Waals surface area contributed by atoms with Crippen molar-refractivity contribution in [2.24, 2.45) is 0 Å². The van der Waals surface area contributed by atoms with Gasteiger partial charge < -0.3 is 14.9 Å². The van der Waals surface area contributed by atoms with Gasteiger partial charge in [0.15, 0.2) is 0 Å². The monoisotopic (exact) mass is 379 g/mol. The van der Waals surface area contributed by atoms with Gasteiger partial charge in [0.1, 0.15) is 0 Å². The first-order valence-electron chi connectivity index (χ1n) is 9.61.